The molecule has 2 rings (SSSR count). The predicted molar refractivity (Wildman–Crippen MR) is 102 cm³/mol. The van der Waals surface area contributed by atoms with Crippen LogP contribution in [0.3, 0.4) is 0 Å². The summed E-state index contributed by atoms with van der Waals surface area (Å²) < 4.78 is 1.61. The Hall–Kier alpha value is -1.99. The molecule has 0 saturated carbocycles. The van der Waals surface area contributed by atoms with Gasteiger partial charge in [-0.3, -0.25) is 14.3 Å². The fourth-order valence-electron chi connectivity index (χ4n) is 2.16. The van der Waals surface area contributed by atoms with Crippen LogP contribution in [0.25, 0.3) is 0 Å². The lowest BCUT2D eigenvalue weighted by molar-refractivity contribution is 0.0948. The molecule has 1 aromatic heterocycles. The number of rotatable bonds is 7. The Bertz CT molecular complexity index is 776. The van der Waals surface area contributed by atoms with Gasteiger partial charge in [-0.15, -0.1) is 11.8 Å². The first-order valence-corrected chi connectivity index (χ1v) is 9.60. The van der Waals surface area contributed by atoms with Crippen molar-refractivity contribution in [1.82, 2.24) is 15.1 Å². The quantitative estimate of drug-likeness (QED) is 0.718. The van der Waals surface area contributed by atoms with Crippen molar-refractivity contribution in [2.24, 2.45) is 0 Å². The number of carbonyl (C=O) groups excluding carboxylic acids is 2. The molecular weight excluding hydrogens is 360 g/mol. The van der Waals surface area contributed by atoms with Crippen LogP contribution in [0.1, 0.15) is 41.1 Å². The SMILES string of the molecule is CCCNC(=O)c1nn(CC)cc1NC(=O)c1cc(SC)ccc1Cl. The van der Waals surface area contributed by atoms with E-state index in [2.05, 4.69) is 15.7 Å². The number of aryl methyl sites for hydroxylation is 1. The van der Waals surface area contributed by atoms with E-state index in [0.29, 0.717) is 29.4 Å². The van der Waals surface area contributed by atoms with Gasteiger partial charge < -0.3 is 10.6 Å². The number of anilines is 1. The van der Waals surface area contributed by atoms with Gasteiger partial charge in [0.15, 0.2) is 5.69 Å². The van der Waals surface area contributed by atoms with Gasteiger partial charge in [0.2, 0.25) is 0 Å². The molecule has 8 heteroatoms. The maximum absolute atomic E-state index is 12.6. The second-order valence-corrected chi connectivity index (χ2v) is 6.59. The second kappa shape index (κ2) is 8.92. The predicted octanol–water partition coefficient (Wildman–Crippen LogP) is 3.67. The summed E-state index contributed by atoms with van der Waals surface area (Å²) in [6, 6.07) is 5.26. The molecule has 0 bridgehead atoms. The van der Waals surface area contributed by atoms with Crippen LogP contribution >= 0.6 is 23.4 Å². The van der Waals surface area contributed by atoms with Crippen molar-refractivity contribution in [3.8, 4) is 0 Å². The van der Waals surface area contributed by atoms with Gasteiger partial charge in [0, 0.05) is 24.2 Å². The molecule has 2 aromatic rings. The van der Waals surface area contributed by atoms with E-state index in [0.717, 1.165) is 11.3 Å². The summed E-state index contributed by atoms with van der Waals surface area (Å²) in [4.78, 5) is 25.8. The highest BCUT2D eigenvalue weighted by atomic mass is 35.5. The van der Waals surface area contributed by atoms with Crippen LogP contribution in [0.15, 0.2) is 29.3 Å². The van der Waals surface area contributed by atoms with E-state index in [1.54, 1.807) is 23.0 Å². The maximum Gasteiger partial charge on any atom is 0.273 e. The first-order valence-electron chi connectivity index (χ1n) is 8.00. The Kier molecular flexibility index (Phi) is 6.90. The summed E-state index contributed by atoms with van der Waals surface area (Å²) in [5, 5.41) is 10.1. The maximum atomic E-state index is 12.6. The van der Waals surface area contributed by atoms with E-state index in [4.69, 9.17) is 11.6 Å². The van der Waals surface area contributed by atoms with E-state index >= 15 is 0 Å². The number of amides is 2. The van der Waals surface area contributed by atoms with Crippen LogP contribution < -0.4 is 10.6 Å². The Morgan fingerprint density at radius 3 is 2.68 bits per heavy atom. The zero-order valence-corrected chi connectivity index (χ0v) is 16.0. The lowest BCUT2D eigenvalue weighted by Crippen LogP contribution is -2.26. The number of carbonyl (C=O) groups is 2. The van der Waals surface area contributed by atoms with Crippen molar-refractivity contribution in [3.63, 3.8) is 0 Å². The Morgan fingerprint density at radius 2 is 2.04 bits per heavy atom. The summed E-state index contributed by atoms with van der Waals surface area (Å²) in [5.41, 5.74) is 0.921. The number of benzene rings is 1. The number of nitrogens with one attached hydrogen (secondary N) is 2. The molecule has 1 heterocycles. The molecule has 0 unspecified atom stereocenters. The molecule has 2 N–H and O–H groups in total. The molecule has 0 aliphatic heterocycles. The van der Waals surface area contributed by atoms with E-state index in [1.165, 1.54) is 11.8 Å². The van der Waals surface area contributed by atoms with Crippen LogP contribution in [0.2, 0.25) is 5.02 Å². The molecule has 134 valence electrons. The van der Waals surface area contributed by atoms with E-state index in [1.807, 2.05) is 26.2 Å². The minimum atomic E-state index is -0.374. The van der Waals surface area contributed by atoms with Crippen LogP contribution in [0.4, 0.5) is 5.69 Å². The van der Waals surface area contributed by atoms with Gasteiger partial charge in [0.1, 0.15) is 0 Å². The Balaban J connectivity index is 2.28. The third-order valence-corrected chi connectivity index (χ3v) is 4.56. The molecule has 0 saturated heterocycles. The molecule has 6 nitrogen and oxygen atoms in total. The minimum absolute atomic E-state index is 0.195. The smallest absolute Gasteiger partial charge is 0.273 e. The molecule has 0 aliphatic carbocycles. The van der Waals surface area contributed by atoms with Crippen LogP contribution in [0.5, 0.6) is 0 Å². The summed E-state index contributed by atoms with van der Waals surface area (Å²) in [6.45, 7) is 5.01. The van der Waals surface area contributed by atoms with Crippen molar-refractivity contribution in [1.29, 1.82) is 0 Å². The van der Waals surface area contributed by atoms with Crippen molar-refractivity contribution in [2.75, 3.05) is 18.1 Å². The fourth-order valence-corrected chi connectivity index (χ4v) is 2.80. The van der Waals surface area contributed by atoms with Gasteiger partial charge in [-0.2, -0.15) is 5.10 Å². The van der Waals surface area contributed by atoms with E-state index in [9.17, 15) is 9.59 Å². The summed E-state index contributed by atoms with van der Waals surface area (Å²) in [5.74, 6) is -0.686. The number of nitrogens with zero attached hydrogens (tertiary/aromatic N) is 2. The van der Waals surface area contributed by atoms with Gasteiger partial charge in [0.25, 0.3) is 11.8 Å². The van der Waals surface area contributed by atoms with Crippen LogP contribution in [0, 0.1) is 0 Å². The monoisotopic (exact) mass is 380 g/mol. The standard InChI is InChI=1S/C17H21ClN4O2S/c1-4-8-19-17(24)15-14(10-22(5-2)21-15)20-16(23)12-9-11(25-3)6-7-13(12)18/h6-7,9-10H,4-5,8H2,1-3H3,(H,19,24)(H,20,23). The topological polar surface area (TPSA) is 76.0 Å². The van der Waals surface area contributed by atoms with Gasteiger partial charge >= 0.3 is 0 Å². The van der Waals surface area contributed by atoms with Gasteiger partial charge in [-0.25, -0.2) is 0 Å². The average molecular weight is 381 g/mol. The Labute approximate surface area is 156 Å². The normalized spacial score (nSPS) is 10.6. The third kappa shape index (κ3) is 4.76. The number of hydrogen-bond acceptors (Lipinski definition) is 4. The van der Waals surface area contributed by atoms with Crippen molar-refractivity contribution in [3.05, 3.63) is 40.7 Å². The molecular formula is C17H21ClN4O2S. The zero-order chi connectivity index (χ0) is 18.4. The third-order valence-electron chi connectivity index (χ3n) is 3.50. The van der Waals surface area contributed by atoms with Gasteiger partial charge in [-0.05, 0) is 37.8 Å². The molecule has 0 atom stereocenters. The lowest BCUT2D eigenvalue weighted by Gasteiger charge is -2.08. The molecule has 1 aromatic carbocycles. The number of aromatic nitrogens is 2. The summed E-state index contributed by atoms with van der Waals surface area (Å²) >= 11 is 7.67. The van der Waals surface area contributed by atoms with Gasteiger partial charge in [-0.1, -0.05) is 18.5 Å². The largest absolute Gasteiger partial charge is 0.351 e. The highest BCUT2D eigenvalue weighted by Gasteiger charge is 2.20. The molecule has 0 fully saturated rings. The highest BCUT2D eigenvalue weighted by Crippen LogP contribution is 2.24. The van der Waals surface area contributed by atoms with Crippen molar-refractivity contribution < 1.29 is 9.59 Å². The van der Waals surface area contributed by atoms with Crippen molar-refractivity contribution in [2.45, 2.75) is 31.7 Å². The first kappa shape index (κ1) is 19.3. The number of thioether (sulfide) groups is 1. The number of hydrogen-bond donors (Lipinski definition) is 2. The molecule has 0 spiro atoms. The molecule has 2 amide bonds. The molecule has 0 aliphatic rings. The second-order valence-electron chi connectivity index (χ2n) is 5.30. The lowest BCUT2D eigenvalue weighted by atomic mass is 10.2. The number of halogens is 1. The zero-order valence-electron chi connectivity index (χ0n) is 14.4. The van der Waals surface area contributed by atoms with Crippen LogP contribution in [-0.4, -0.2) is 34.4 Å². The van der Waals surface area contributed by atoms with E-state index < -0.39 is 0 Å². The molecule has 0 radical (unpaired) electrons. The van der Waals surface area contributed by atoms with Crippen molar-refractivity contribution >= 4 is 40.9 Å². The fraction of sp³-hybridized carbons (Fsp3) is 0.353. The van der Waals surface area contributed by atoms with Crippen LogP contribution in [-0.2, 0) is 6.54 Å². The highest BCUT2D eigenvalue weighted by molar-refractivity contribution is 7.98. The minimum Gasteiger partial charge on any atom is -0.351 e. The Morgan fingerprint density at radius 1 is 1.28 bits per heavy atom. The summed E-state index contributed by atoms with van der Waals surface area (Å²) in [7, 11) is 0. The average Bonchev–Trinajstić information content (AvgIpc) is 3.03. The molecule has 25 heavy (non-hydrogen) atoms. The summed E-state index contributed by atoms with van der Waals surface area (Å²) in [6.07, 6.45) is 4.39. The van der Waals surface area contributed by atoms with E-state index in [-0.39, 0.29) is 17.5 Å². The first-order chi connectivity index (χ1) is 12.0. The van der Waals surface area contributed by atoms with Gasteiger partial charge in [0.05, 0.1) is 16.3 Å².